The van der Waals surface area contributed by atoms with Crippen LogP contribution < -0.4 is 5.73 Å². The highest BCUT2D eigenvalue weighted by molar-refractivity contribution is 6.56. The smallest absolute Gasteiger partial charge is 0.481 e. The Labute approximate surface area is 157 Å². The molecule has 0 rings (SSSR count). The number of carbonyl (C=O) groups excluding carboxylic acids is 1. The number of carboxylic acids is 1. The monoisotopic (exact) mass is 393 g/mol. The maximum absolute atomic E-state index is 12.5. The number of carboxylic acid groups (broad SMARTS) is 1. The maximum Gasteiger partial charge on any atom is 0.752 e. The van der Waals surface area contributed by atoms with E-state index in [0.717, 1.165) is 0 Å². The molecule has 9 heteroatoms. The summed E-state index contributed by atoms with van der Waals surface area (Å²) < 4.78 is 23.6. The van der Waals surface area contributed by atoms with Crippen molar-refractivity contribution < 1.29 is 32.4 Å². The highest BCUT2D eigenvalue weighted by Gasteiger charge is 2.58. The molecule has 0 aliphatic carbocycles. The van der Waals surface area contributed by atoms with Crippen LogP contribution in [0.3, 0.4) is 0 Å². The minimum Gasteiger partial charge on any atom is -0.481 e. The number of rotatable bonds is 8. The first-order valence-corrected chi connectivity index (χ1v) is 10.3. The lowest BCUT2D eigenvalue weighted by molar-refractivity contribution is -0.163. The lowest BCUT2D eigenvalue weighted by Crippen LogP contribution is -2.61. The molecular formula is C17H35NO7Si. The SMILES string of the molecule is CC(C)(C)O[Si](OC(=O)[C@@H](N)CCC(=O)O)(OC(C)(C)C)OC(C)(C)C. The fraction of sp³-hybridized carbons (Fsp3) is 0.882. The van der Waals surface area contributed by atoms with Crippen LogP contribution >= 0.6 is 0 Å². The van der Waals surface area contributed by atoms with Crippen LogP contribution in [0, 0.1) is 0 Å². The minimum atomic E-state index is -3.96. The van der Waals surface area contributed by atoms with E-state index in [2.05, 4.69) is 0 Å². The van der Waals surface area contributed by atoms with Gasteiger partial charge in [0, 0.05) is 6.42 Å². The van der Waals surface area contributed by atoms with E-state index in [4.69, 9.17) is 28.5 Å². The fourth-order valence-corrected chi connectivity index (χ4v) is 4.74. The maximum atomic E-state index is 12.5. The van der Waals surface area contributed by atoms with Crippen LogP contribution in [0.25, 0.3) is 0 Å². The summed E-state index contributed by atoms with van der Waals surface area (Å²) in [7, 11) is -3.96. The van der Waals surface area contributed by atoms with E-state index in [0.29, 0.717) is 0 Å². The minimum absolute atomic E-state index is 0.0563. The fourth-order valence-electron chi connectivity index (χ4n) is 1.85. The van der Waals surface area contributed by atoms with Crippen molar-refractivity contribution in [1.82, 2.24) is 0 Å². The van der Waals surface area contributed by atoms with Crippen molar-refractivity contribution in [2.24, 2.45) is 5.73 Å². The third-order valence-electron chi connectivity index (χ3n) is 2.49. The van der Waals surface area contributed by atoms with Gasteiger partial charge < -0.3 is 28.5 Å². The Balaban J connectivity index is 5.69. The Hall–Kier alpha value is -1.00. The van der Waals surface area contributed by atoms with Gasteiger partial charge in [-0.1, -0.05) is 0 Å². The Morgan fingerprint density at radius 2 is 1.23 bits per heavy atom. The summed E-state index contributed by atoms with van der Waals surface area (Å²) in [6, 6.07) is -1.12. The quantitative estimate of drug-likeness (QED) is 0.604. The van der Waals surface area contributed by atoms with Gasteiger partial charge in [-0.3, -0.25) is 9.59 Å². The molecule has 0 aliphatic rings. The number of carbonyl (C=O) groups is 2. The zero-order valence-corrected chi connectivity index (χ0v) is 18.5. The summed E-state index contributed by atoms with van der Waals surface area (Å²) in [4.78, 5) is 23.2. The van der Waals surface area contributed by atoms with Crippen LogP contribution in [-0.2, 0) is 27.3 Å². The number of nitrogens with two attached hydrogens (primary N) is 1. The lowest BCUT2D eigenvalue weighted by Gasteiger charge is -2.40. The second kappa shape index (κ2) is 8.79. The van der Waals surface area contributed by atoms with Gasteiger partial charge >= 0.3 is 21.0 Å². The van der Waals surface area contributed by atoms with Crippen molar-refractivity contribution in [1.29, 1.82) is 0 Å². The summed E-state index contributed by atoms with van der Waals surface area (Å²) in [6.07, 6.45) is -0.301. The zero-order chi connectivity index (χ0) is 21.0. The Morgan fingerprint density at radius 3 is 1.50 bits per heavy atom. The van der Waals surface area contributed by atoms with Gasteiger partial charge in [-0.25, -0.2) is 0 Å². The van der Waals surface area contributed by atoms with E-state index >= 15 is 0 Å². The second-order valence-electron chi connectivity index (χ2n) is 9.10. The van der Waals surface area contributed by atoms with E-state index in [1.165, 1.54) is 0 Å². The molecule has 0 fully saturated rings. The highest BCUT2D eigenvalue weighted by atomic mass is 28.4. The summed E-state index contributed by atoms with van der Waals surface area (Å²) in [5.74, 6) is -1.85. The predicted molar refractivity (Wildman–Crippen MR) is 99.2 cm³/mol. The molecule has 0 bridgehead atoms. The predicted octanol–water partition coefficient (Wildman–Crippen LogP) is 2.60. The van der Waals surface area contributed by atoms with E-state index in [1.54, 1.807) is 62.3 Å². The van der Waals surface area contributed by atoms with E-state index < -0.39 is 43.8 Å². The first-order valence-electron chi connectivity index (χ1n) is 8.65. The highest BCUT2D eigenvalue weighted by Crippen LogP contribution is 2.30. The average molecular weight is 394 g/mol. The van der Waals surface area contributed by atoms with Crippen LogP contribution in [0.1, 0.15) is 75.2 Å². The van der Waals surface area contributed by atoms with E-state index in [9.17, 15) is 9.59 Å². The van der Waals surface area contributed by atoms with Crippen LogP contribution in [-0.4, -0.2) is 48.9 Å². The molecule has 0 heterocycles. The van der Waals surface area contributed by atoms with E-state index in [1.807, 2.05) is 0 Å². The summed E-state index contributed by atoms with van der Waals surface area (Å²) in [6.45, 7) is 16.2. The molecule has 0 amide bonds. The van der Waals surface area contributed by atoms with Crippen LogP contribution in [0.4, 0.5) is 0 Å². The lowest BCUT2D eigenvalue weighted by atomic mass is 10.2. The Bertz CT molecular complexity index is 448. The van der Waals surface area contributed by atoms with E-state index in [-0.39, 0.29) is 12.8 Å². The Morgan fingerprint density at radius 1 is 0.885 bits per heavy atom. The summed E-state index contributed by atoms with van der Waals surface area (Å²) in [5, 5.41) is 8.76. The van der Waals surface area contributed by atoms with Crippen molar-refractivity contribution >= 4 is 21.0 Å². The van der Waals surface area contributed by atoms with Gasteiger partial charge in [-0.2, -0.15) is 0 Å². The number of hydrogen-bond donors (Lipinski definition) is 2. The normalized spacial score (nSPS) is 14.8. The van der Waals surface area contributed by atoms with Crippen molar-refractivity contribution in [2.75, 3.05) is 0 Å². The molecule has 0 aromatic heterocycles. The molecule has 26 heavy (non-hydrogen) atoms. The average Bonchev–Trinajstić information content (AvgIpc) is 2.28. The van der Waals surface area contributed by atoms with Gasteiger partial charge in [0.1, 0.15) is 6.04 Å². The van der Waals surface area contributed by atoms with Crippen molar-refractivity contribution in [3.05, 3.63) is 0 Å². The number of aliphatic carboxylic acids is 1. The summed E-state index contributed by atoms with van der Waals surface area (Å²) >= 11 is 0. The molecule has 0 aromatic carbocycles. The first kappa shape index (κ1) is 25.0. The van der Waals surface area contributed by atoms with Crippen LogP contribution in [0.15, 0.2) is 0 Å². The second-order valence-corrected chi connectivity index (χ2v) is 10.9. The van der Waals surface area contributed by atoms with Gasteiger partial charge in [0.05, 0.1) is 16.8 Å². The molecule has 154 valence electrons. The van der Waals surface area contributed by atoms with Crippen molar-refractivity contribution in [3.8, 4) is 0 Å². The number of hydrogen-bond acceptors (Lipinski definition) is 7. The molecule has 0 unspecified atom stereocenters. The van der Waals surface area contributed by atoms with Gasteiger partial charge in [0.2, 0.25) is 0 Å². The van der Waals surface area contributed by atoms with Gasteiger partial charge in [-0.15, -0.1) is 0 Å². The largest absolute Gasteiger partial charge is 0.752 e. The third kappa shape index (κ3) is 11.6. The molecule has 0 radical (unpaired) electrons. The molecule has 0 saturated carbocycles. The zero-order valence-electron chi connectivity index (χ0n) is 17.5. The molecule has 0 spiro atoms. The van der Waals surface area contributed by atoms with Crippen molar-refractivity contribution in [2.45, 2.75) is 98.0 Å². The van der Waals surface area contributed by atoms with Gasteiger partial charge in [0.25, 0.3) is 0 Å². The van der Waals surface area contributed by atoms with Crippen LogP contribution in [0.5, 0.6) is 0 Å². The molecule has 8 nitrogen and oxygen atoms in total. The Kier molecular flexibility index (Phi) is 8.45. The molecule has 0 aromatic rings. The molecule has 1 atom stereocenters. The van der Waals surface area contributed by atoms with Crippen molar-refractivity contribution in [3.63, 3.8) is 0 Å². The van der Waals surface area contributed by atoms with Gasteiger partial charge in [0.15, 0.2) is 0 Å². The van der Waals surface area contributed by atoms with Gasteiger partial charge in [-0.05, 0) is 68.7 Å². The third-order valence-corrected chi connectivity index (χ3v) is 5.53. The molecule has 0 aliphatic heterocycles. The summed E-state index contributed by atoms with van der Waals surface area (Å²) in [5.41, 5.74) is 3.64. The standard InChI is InChI=1S/C17H35NO7Si/c1-15(2,3)23-26(24-16(4,5)6,25-17(7,8)9)22-14(21)12(18)10-11-13(19)20/h12H,10-11,18H2,1-9H3,(H,19,20)/t12-/m0/s1. The molecule has 3 N–H and O–H groups in total. The van der Waals surface area contributed by atoms with Crippen LogP contribution in [0.2, 0.25) is 0 Å². The topological polar surface area (TPSA) is 117 Å². The molecular weight excluding hydrogens is 358 g/mol. The first-order chi connectivity index (χ1) is 11.3. The molecule has 0 saturated heterocycles.